The molecule has 0 bridgehead atoms. The average Bonchev–Trinajstić information content (AvgIpc) is 2.05. The second-order valence-electron chi connectivity index (χ2n) is 3.46. The second kappa shape index (κ2) is 6.84. The van der Waals surface area contributed by atoms with Crippen molar-refractivity contribution in [3.8, 4) is 0 Å². The molecule has 76 valence electrons. The normalized spacial score (nSPS) is 10.2. The summed E-state index contributed by atoms with van der Waals surface area (Å²) >= 11 is 0. The predicted molar refractivity (Wildman–Crippen MR) is 56.8 cm³/mol. The van der Waals surface area contributed by atoms with E-state index in [9.17, 15) is 4.79 Å². The maximum atomic E-state index is 11.3. The Balaban J connectivity index is 3.75. The van der Waals surface area contributed by atoms with Crippen LogP contribution in [0.5, 0.6) is 0 Å². The average molecular weight is 183 g/mol. The Hall–Kier alpha value is -0.630. The van der Waals surface area contributed by atoms with Crippen molar-refractivity contribution in [3.05, 3.63) is 11.6 Å². The fourth-order valence-corrected chi connectivity index (χ4v) is 1.20. The summed E-state index contributed by atoms with van der Waals surface area (Å²) in [4.78, 5) is 13.5. The van der Waals surface area contributed by atoms with Crippen LogP contribution in [-0.2, 0) is 4.79 Å². The Labute approximate surface area is 81.6 Å². The Morgan fingerprint density at radius 2 is 1.77 bits per heavy atom. The molecular weight excluding hydrogens is 162 g/mol. The van der Waals surface area contributed by atoms with E-state index in [2.05, 4.69) is 18.7 Å². The first-order chi connectivity index (χ1) is 6.10. The van der Waals surface area contributed by atoms with E-state index in [1.54, 1.807) is 6.08 Å². The molecule has 0 aliphatic rings. The predicted octanol–water partition coefficient (Wildman–Crippen LogP) is 2.25. The van der Waals surface area contributed by atoms with Crippen molar-refractivity contribution in [2.45, 2.75) is 34.1 Å². The zero-order valence-corrected chi connectivity index (χ0v) is 9.26. The summed E-state index contributed by atoms with van der Waals surface area (Å²) in [6, 6.07) is 0. The van der Waals surface area contributed by atoms with Gasteiger partial charge < -0.3 is 4.90 Å². The standard InChI is InChI=1S/C11H21NO/c1-5-12(6-2)8-7-11(13)9-10(3)4/h9H,5-8H2,1-4H3. The third-order valence-electron chi connectivity index (χ3n) is 2.02. The number of hydrogen-bond donors (Lipinski definition) is 0. The maximum Gasteiger partial charge on any atom is 0.156 e. The SMILES string of the molecule is CCN(CC)CCC(=O)C=C(C)C. The molecule has 2 nitrogen and oxygen atoms in total. The lowest BCUT2D eigenvalue weighted by molar-refractivity contribution is -0.114. The summed E-state index contributed by atoms with van der Waals surface area (Å²) in [7, 11) is 0. The fourth-order valence-electron chi connectivity index (χ4n) is 1.20. The number of ketones is 1. The molecule has 0 fully saturated rings. The van der Waals surface area contributed by atoms with Crippen LogP contribution in [0.15, 0.2) is 11.6 Å². The van der Waals surface area contributed by atoms with Gasteiger partial charge in [-0.2, -0.15) is 0 Å². The number of allylic oxidation sites excluding steroid dienone is 2. The number of hydrogen-bond acceptors (Lipinski definition) is 2. The molecular formula is C11H21NO. The molecule has 0 aliphatic carbocycles. The highest BCUT2D eigenvalue weighted by Crippen LogP contribution is 1.96. The summed E-state index contributed by atoms with van der Waals surface area (Å²) in [6.07, 6.45) is 2.37. The monoisotopic (exact) mass is 183 g/mol. The summed E-state index contributed by atoms with van der Waals surface area (Å²) in [5.41, 5.74) is 1.09. The molecule has 2 heteroatoms. The minimum absolute atomic E-state index is 0.243. The number of carbonyl (C=O) groups excluding carboxylic acids is 1. The van der Waals surface area contributed by atoms with Gasteiger partial charge >= 0.3 is 0 Å². The van der Waals surface area contributed by atoms with Gasteiger partial charge in [0.1, 0.15) is 0 Å². The fraction of sp³-hybridized carbons (Fsp3) is 0.727. The molecule has 0 rings (SSSR count). The van der Waals surface area contributed by atoms with Gasteiger partial charge in [-0.25, -0.2) is 0 Å². The molecule has 13 heavy (non-hydrogen) atoms. The lowest BCUT2D eigenvalue weighted by Crippen LogP contribution is -2.25. The lowest BCUT2D eigenvalue weighted by atomic mass is 10.2. The lowest BCUT2D eigenvalue weighted by Gasteiger charge is -2.16. The molecule has 0 amide bonds. The van der Waals surface area contributed by atoms with E-state index < -0.39 is 0 Å². The molecule has 0 spiro atoms. The van der Waals surface area contributed by atoms with E-state index in [-0.39, 0.29) is 5.78 Å². The minimum Gasteiger partial charge on any atom is -0.303 e. The first-order valence-corrected chi connectivity index (χ1v) is 5.00. The van der Waals surface area contributed by atoms with Crippen molar-refractivity contribution in [2.24, 2.45) is 0 Å². The van der Waals surface area contributed by atoms with Crippen LogP contribution in [0.4, 0.5) is 0 Å². The first-order valence-electron chi connectivity index (χ1n) is 5.00. The van der Waals surface area contributed by atoms with Gasteiger partial charge in [0.25, 0.3) is 0 Å². The zero-order valence-electron chi connectivity index (χ0n) is 9.26. The van der Waals surface area contributed by atoms with E-state index in [0.717, 1.165) is 25.2 Å². The van der Waals surface area contributed by atoms with Crippen molar-refractivity contribution < 1.29 is 4.79 Å². The van der Waals surface area contributed by atoms with Crippen molar-refractivity contribution in [1.82, 2.24) is 4.90 Å². The molecule has 0 saturated carbocycles. The summed E-state index contributed by atoms with van der Waals surface area (Å²) in [5, 5.41) is 0. The van der Waals surface area contributed by atoms with Gasteiger partial charge in [-0.05, 0) is 33.0 Å². The Morgan fingerprint density at radius 1 is 1.23 bits per heavy atom. The van der Waals surface area contributed by atoms with Crippen LogP contribution in [0.25, 0.3) is 0 Å². The summed E-state index contributed by atoms with van der Waals surface area (Å²) in [6.45, 7) is 11.1. The third-order valence-corrected chi connectivity index (χ3v) is 2.02. The maximum absolute atomic E-state index is 11.3. The van der Waals surface area contributed by atoms with Crippen LogP contribution in [0, 0.1) is 0 Å². The van der Waals surface area contributed by atoms with Gasteiger partial charge in [0.2, 0.25) is 0 Å². The summed E-state index contributed by atoms with van der Waals surface area (Å²) < 4.78 is 0. The Bertz CT molecular complexity index is 177. The molecule has 0 unspecified atom stereocenters. The van der Waals surface area contributed by atoms with E-state index in [1.807, 2.05) is 13.8 Å². The van der Waals surface area contributed by atoms with Gasteiger partial charge in [0.15, 0.2) is 5.78 Å². The Kier molecular flexibility index (Phi) is 6.51. The molecule has 0 aromatic heterocycles. The smallest absolute Gasteiger partial charge is 0.156 e. The van der Waals surface area contributed by atoms with Gasteiger partial charge in [-0.3, -0.25) is 4.79 Å². The topological polar surface area (TPSA) is 20.3 Å². The molecule has 0 N–H and O–H groups in total. The Morgan fingerprint density at radius 3 is 2.15 bits per heavy atom. The van der Waals surface area contributed by atoms with Crippen LogP contribution in [-0.4, -0.2) is 30.3 Å². The number of carbonyl (C=O) groups is 1. The highest BCUT2D eigenvalue weighted by atomic mass is 16.1. The van der Waals surface area contributed by atoms with Crippen molar-refractivity contribution >= 4 is 5.78 Å². The van der Waals surface area contributed by atoms with Gasteiger partial charge in [-0.1, -0.05) is 19.4 Å². The van der Waals surface area contributed by atoms with E-state index >= 15 is 0 Å². The van der Waals surface area contributed by atoms with Crippen LogP contribution in [0.3, 0.4) is 0 Å². The van der Waals surface area contributed by atoms with Crippen LogP contribution in [0.1, 0.15) is 34.1 Å². The highest BCUT2D eigenvalue weighted by molar-refractivity contribution is 5.90. The number of nitrogens with zero attached hydrogens (tertiary/aromatic N) is 1. The van der Waals surface area contributed by atoms with E-state index in [0.29, 0.717) is 6.42 Å². The van der Waals surface area contributed by atoms with Crippen LogP contribution in [0.2, 0.25) is 0 Å². The molecule has 0 aromatic carbocycles. The molecule has 0 atom stereocenters. The molecule has 0 radical (unpaired) electrons. The van der Waals surface area contributed by atoms with Gasteiger partial charge in [-0.15, -0.1) is 0 Å². The van der Waals surface area contributed by atoms with Crippen LogP contribution >= 0.6 is 0 Å². The molecule has 0 aliphatic heterocycles. The summed E-state index contributed by atoms with van der Waals surface area (Å²) in [5.74, 6) is 0.243. The second-order valence-corrected chi connectivity index (χ2v) is 3.46. The molecule has 0 saturated heterocycles. The quantitative estimate of drug-likeness (QED) is 0.589. The van der Waals surface area contributed by atoms with Crippen molar-refractivity contribution in [2.75, 3.05) is 19.6 Å². The zero-order chi connectivity index (χ0) is 10.3. The van der Waals surface area contributed by atoms with E-state index in [1.165, 1.54) is 0 Å². The van der Waals surface area contributed by atoms with Gasteiger partial charge in [0, 0.05) is 13.0 Å². The molecule has 0 aromatic rings. The molecule has 0 heterocycles. The third kappa shape index (κ3) is 6.52. The van der Waals surface area contributed by atoms with Crippen molar-refractivity contribution in [3.63, 3.8) is 0 Å². The largest absolute Gasteiger partial charge is 0.303 e. The van der Waals surface area contributed by atoms with Gasteiger partial charge in [0.05, 0.1) is 0 Å². The van der Waals surface area contributed by atoms with Crippen molar-refractivity contribution in [1.29, 1.82) is 0 Å². The minimum atomic E-state index is 0.243. The van der Waals surface area contributed by atoms with Crippen LogP contribution < -0.4 is 0 Å². The van der Waals surface area contributed by atoms with E-state index in [4.69, 9.17) is 0 Å². The highest BCUT2D eigenvalue weighted by Gasteiger charge is 2.02. The first kappa shape index (κ1) is 12.4. The number of rotatable bonds is 6.